The summed E-state index contributed by atoms with van der Waals surface area (Å²) in [6, 6.07) is 18.9. The van der Waals surface area contributed by atoms with Crippen LogP contribution in [0.4, 0.5) is 0 Å². The molecule has 2 heterocycles. The Bertz CT molecular complexity index is 920. The fraction of sp³-hybridized carbons (Fsp3) is 0.100. The molecule has 105 valence electrons. The Labute approximate surface area is 129 Å². The quantitative estimate of drug-likeness (QED) is 0.498. The van der Waals surface area contributed by atoms with Crippen molar-refractivity contribution < 1.29 is 0 Å². The van der Waals surface area contributed by atoms with E-state index in [0.29, 0.717) is 0 Å². The average Bonchev–Trinajstić information content (AvgIpc) is 2.54. The molecule has 2 heteroatoms. The Balaban J connectivity index is 1.87. The molecule has 22 heavy (non-hydrogen) atoms. The fourth-order valence-electron chi connectivity index (χ4n) is 2.72. The normalized spacial score (nSPS) is 11.2. The van der Waals surface area contributed by atoms with E-state index in [9.17, 15) is 0 Å². The van der Waals surface area contributed by atoms with Crippen LogP contribution in [0.15, 0.2) is 54.6 Å². The standard InChI is InChI=1S/C20H15N2/c1-13-3-5-17-11-18(12-21-20(17)9-13)15-7-8-19-16(10-15)6-4-14(2)22-19/h3-11H,1-2H3. The minimum Gasteiger partial charge on any atom is -0.253 e. The average molecular weight is 283 g/mol. The Hall–Kier alpha value is -2.74. The Morgan fingerprint density at radius 2 is 1.59 bits per heavy atom. The van der Waals surface area contributed by atoms with Gasteiger partial charge in [0.1, 0.15) is 0 Å². The number of nitrogens with zero attached hydrogens (tertiary/aromatic N) is 2. The summed E-state index contributed by atoms with van der Waals surface area (Å²) >= 11 is 0. The first-order chi connectivity index (χ1) is 10.7. The summed E-state index contributed by atoms with van der Waals surface area (Å²) in [6.45, 7) is 4.09. The first-order valence-electron chi connectivity index (χ1n) is 7.36. The molecule has 0 aliphatic heterocycles. The van der Waals surface area contributed by atoms with Crippen LogP contribution in [-0.2, 0) is 0 Å². The zero-order valence-electron chi connectivity index (χ0n) is 12.6. The lowest BCUT2D eigenvalue weighted by atomic mass is 10.0. The summed E-state index contributed by atoms with van der Waals surface area (Å²) in [6.07, 6.45) is 3.16. The summed E-state index contributed by atoms with van der Waals surface area (Å²) < 4.78 is 0. The highest BCUT2D eigenvalue weighted by Crippen LogP contribution is 2.26. The monoisotopic (exact) mass is 283 g/mol. The van der Waals surface area contributed by atoms with E-state index >= 15 is 0 Å². The number of hydrogen-bond acceptors (Lipinski definition) is 2. The fourth-order valence-corrected chi connectivity index (χ4v) is 2.72. The highest BCUT2D eigenvalue weighted by Gasteiger charge is 2.04. The number of benzene rings is 2. The van der Waals surface area contributed by atoms with Crippen molar-refractivity contribution in [3.05, 3.63) is 72.1 Å². The summed E-state index contributed by atoms with van der Waals surface area (Å²) in [4.78, 5) is 9.02. The number of aryl methyl sites for hydroxylation is 2. The molecule has 0 saturated heterocycles. The van der Waals surface area contributed by atoms with Crippen molar-refractivity contribution in [3.8, 4) is 11.1 Å². The number of fused-ring (bicyclic) bond motifs is 2. The molecule has 0 atom stereocenters. The Morgan fingerprint density at radius 3 is 2.50 bits per heavy atom. The Kier molecular flexibility index (Phi) is 2.90. The molecule has 4 rings (SSSR count). The van der Waals surface area contributed by atoms with Gasteiger partial charge in [0.2, 0.25) is 0 Å². The largest absolute Gasteiger partial charge is 0.253 e. The first kappa shape index (κ1) is 13.0. The third-order valence-corrected chi connectivity index (χ3v) is 3.92. The topological polar surface area (TPSA) is 25.8 Å². The smallest absolute Gasteiger partial charge is 0.0978 e. The van der Waals surface area contributed by atoms with E-state index in [-0.39, 0.29) is 0 Å². The first-order valence-corrected chi connectivity index (χ1v) is 7.36. The van der Waals surface area contributed by atoms with Crippen molar-refractivity contribution >= 4 is 21.8 Å². The van der Waals surface area contributed by atoms with Crippen LogP contribution in [0.1, 0.15) is 11.3 Å². The lowest BCUT2D eigenvalue weighted by Gasteiger charge is -2.06. The number of hydrogen-bond donors (Lipinski definition) is 0. The van der Waals surface area contributed by atoms with Crippen LogP contribution in [0, 0.1) is 20.0 Å². The molecule has 0 spiro atoms. The molecular formula is C20H15N2. The third-order valence-electron chi connectivity index (χ3n) is 3.92. The van der Waals surface area contributed by atoms with Crippen molar-refractivity contribution in [2.75, 3.05) is 0 Å². The van der Waals surface area contributed by atoms with Crippen molar-refractivity contribution in [3.63, 3.8) is 0 Å². The zero-order valence-corrected chi connectivity index (χ0v) is 12.6. The molecule has 0 aliphatic rings. The minimum atomic E-state index is 0.988. The van der Waals surface area contributed by atoms with Gasteiger partial charge in [-0.05, 0) is 55.3 Å². The molecule has 0 N–H and O–H groups in total. The molecular weight excluding hydrogens is 268 g/mol. The van der Waals surface area contributed by atoms with Crippen molar-refractivity contribution in [1.82, 2.24) is 9.97 Å². The van der Waals surface area contributed by atoms with E-state index in [1.165, 1.54) is 5.56 Å². The molecule has 2 aromatic heterocycles. The van der Waals surface area contributed by atoms with Gasteiger partial charge in [-0.25, -0.2) is 4.98 Å². The molecule has 2 aromatic carbocycles. The van der Waals surface area contributed by atoms with Crippen molar-refractivity contribution in [1.29, 1.82) is 0 Å². The highest BCUT2D eigenvalue weighted by molar-refractivity contribution is 5.88. The van der Waals surface area contributed by atoms with Gasteiger partial charge < -0.3 is 0 Å². The molecule has 1 radical (unpaired) electrons. The molecule has 0 amide bonds. The predicted molar refractivity (Wildman–Crippen MR) is 90.8 cm³/mol. The van der Waals surface area contributed by atoms with Crippen LogP contribution >= 0.6 is 0 Å². The summed E-state index contributed by atoms with van der Waals surface area (Å²) in [5, 5.41) is 2.28. The Morgan fingerprint density at radius 1 is 0.773 bits per heavy atom. The third kappa shape index (κ3) is 2.23. The van der Waals surface area contributed by atoms with Crippen LogP contribution in [0.3, 0.4) is 0 Å². The highest BCUT2D eigenvalue weighted by atomic mass is 14.7. The second-order valence-corrected chi connectivity index (χ2v) is 5.70. The van der Waals surface area contributed by atoms with Crippen molar-refractivity contribution in [2.24, 2.45) is 0 Å². The number of aromatic nitrogens is 2. The minimum absolute atomic E-state index is 0.988. The molecule has 2 nitrogen and oxygen atoms in total. The molecule has 4 aromatic rings. The summed E-state index contributed by atoms with van der Waals surface area (Å²) in [5.41, 5.74) is 6.39. The molecule has 0 fully saturated rings. The van der Waals surface area contributed by atoms with E-state index in [2.05, 4.69) is 71.6 Å². The maximum absolute atomic E-state index is 4.54. The molecule has 0 bridgehead atoms. The van der Waals surface area contributed by atoms with E-state index in [0.717, 1.165) is 38.6 Å². The summed E-state index contributed by atoms with van der Waals surface area (Å²) in [5.74, 6) is 0. The lowest BCUT2D eigenvalue weighted by molar-refractivity contribution is 1.26. The van der Waals surface area contributed by atoms with Crippen LogP contribution in [0.2, 0.25) is 0 Å². The lowest BCUT2D eigenvalue weighted by Crippen LogP contribution is -1.87. The second kappa shape index (κ2) is 4.92. The second-order valence-electron chi connectivity index (χ2n) is 5.70. The van der Waals surface area contributed by atoms with Crippen LogP contribution in [0.5, 0.6) is 0 Å². The van der Waals surface area contributed by atoms with Crippen LogP contribution in [0.25, 0.3) is 32.9 Å². The maximum Gasteiger partial charge on any atom is 0.0978 e. The van der Waals surface area contributed by atoms with Crippen molar-refractivity contribution in [2.45, 2.75) is 13.8 Å². The van der Waals surface area contributed by atoms with Gasteiger partial charge in [-0.15, -0.1) is 0 Å². The van der Waals surface area contributed by atoms with E-state index in [1.54, 1.807) is 0 Å². The SMILES string of the molecule is Cc1ccc2cc(-c3ccc4nc(C)ccc4c3)[c]nc2c1. The van der Waals surface area contributed by atoms with Gasteiger partial charge in [0.15, 0.2) is 0 Å². The zero-order chi connectivity index (χ0) is 15.1. The predicted octanol–water partition coefficient (Wildman–Crippen LogP) is 4.87. The molecule has 0 saturated carbocycles. The molecule has 0 unspecified atom stereocenters. The van der Waals surface area contributed by atoms with E-state index in [4.69, 9.17) is 0 Å². The maximum atomic E-state index is 4.54. The van der Waals surface area contributed by atoms with Gasteiger partial charge in [0, 0.05) is 22.0 Å². The summed E-state index contributed by atoms with van der Waals surface area (Å²) in [7, 11) is 0. The van der Waals surface area contributed by atoms with E-state index < -0.39 is 0 Å². The van der Waals surface area contributed by atoms with Crippen LogP contribution in [-0.4, -0.2) is 9.97 Å². The van der Waals surface area contributed by atoms with Crippen LogP contribution < -0.4 is 0 Å². The van der Waals surface area contributed by atoms with Gasteiger partial charge in [-0.3, -0.25) is 4.98 Å². The van der Waals surface area contributed by atoms with Gasteiger partial charge in [0.25, 0.3) is 0 Å². The molecule has 0 aliphatic carbocycles. The number of pyridine rings is 2. The van der Waals surface area contributed by atoms with Gasteiger partial charge in [0.05, 0.1) is 17.2 Å². The van der Waals surface area contributed by atoms with Gasteiger partial charge in [-0.2, -0.15) is 0 Å². The number of rotatable bonds is 1. The van der Waals surface area contributed by atoms with E-state index in [1.807, 2.05) is 13.0 Å². The van der Waals surface area contributed by atoms with Gasteiger partial charge >= 0.3 is 0 Å². The van der Waals surface area contributed by atoms with Gasteiger partial charge in [-0.1, -0.05) is 24.3 Å².